The Hall–Kier alpha value is -3.23. The Labute approximate surface area is 206 Å². The highest BCUT2D eigenvalue weighted by molar-refractivity contribution is 6.00. The lowest BCUT2D eigenvalue weighted by Gasteiger charge is -2.42. The average Bonchev–Trinajstić information content (AvgIpc) is 3.37. The van der Waals surface area contributed by atoms with Crippen LogP contribution in [0, 0.1) is 0 Å². The zero-order valence-corrected chi connectivity index (χ0v) is 20.3. The average molecular weight is 475 g/mol. The van der Waals surface area contributed by atoms with Crippen molar-refractivity contribution >= 4 is 22.7 Å². The van der Waals surface area contributed by atoms with Crippen LogP contribution in [0.25, 0.3) is 10.9 Å². The maximum atomic E-state index is 13.6. The number of likely N-dealkylation sites (tertiary alicyclic amines) is 1. The van der Waals surface area contributed by atoms with Gasteiger partial charge >= 0.3 is 0 Å². The number of piperidine rings is 1. The summed E-state index contributed by atoms with van der Waals surface area (Å²) < 4.78 is 0. The highest BCUT2D eigenvalue weighted by atomic mass is 16.2. The zero-order valence-electron chi connectivity index (χ0n) is 20.3. The van der Waals surface area contributed by atoms with Gasteiger partial charge in [0.25, 0.3) is 5.91 Å². The van der Waals surface area contributed by atoms with Gasteiger partial charge in [0.2, 0.25) is 5.91 Å². The number of aromatic nitrogens is 2. The maximum absolute atomic E-state index is 13.6. The van der Waals surface area contributed by atoms with Gasteiger partial charge in [-0.2, -0.15) is 0 Å². The largest absolute Gasteiger partial charge is 0.361 e. The minimum absolute atomic E-state index is 0.0147. The van der Waals surface area contributed by atoms with Crippen LogP contribution >= 0.6 is 0 Å². The van der Waals surface area contributed by atoms with Crippen molar-refractivity contribution in [2.24, 2.45) is 0 Å². The Morgan fingerprint density at radius 1 is 1.03 bits per heavy atom. The first-order valence-corrected chi connectivity index (χ1v) is 12.5. The van der Waals surface area contributed by atoms with Gasteiger partial charge in [-0.3, -0.25) is 19.5 Å². The molecule has 2 amide bonds. The van der Waals surface area contributed by atoms with E-state index in [2.05, 4.69) is 32.1 Å². The molecule has 0 saturated carbocycles. The first-order valence-electron chi connectivity index (χ1n) is 12.5. The molecule has 0 bridgehead atoms. The fourth-order valence-electron chi connectivity index (χ4n) is 5.27. The second-order valence-corrected chi connectivity index (χ2v) is 9.76. The Morgan fingerprint density at radius 3 is 2.51 bits per heavy atom. The highest BCUT2D eigenvalue weighted by Gasteiger charge is 2.32. The lowest BCUT2D eigenvalue weighted by molar-refractivity contribution is -0.135. The van der Waals surface area contributed by atoms with Crippen LogP contribution in [0.2, 0.25) is 0 Å². The van der Waals surface area contributed by atoms with E-state index >= 15 is 0 Å². The predicted molar refractivity (Wildman–Crippen MR) is 136 cm³/mol. The molecular formula is C27H34N6O2. The van der Waals surface area contributed by atoms with Crippen molar-refractivity contribution in [3.8, 4) is 0 Å². The van der Waals surface area contributed by atoms with E-state index in [0.717, 1.165) is 42.6 Å². The van der Waals surface area contributed by atoms with E-state index < -0.39 is 6.04 Å². The second-order valence-electron chi connectivity index (χ2n) is 9.76. The third kappa shape index (κ3) is 5.55. The minimum atomic E-state index is -0.626. The Kier molecular flexibility index (Phi) is 7.11. The number of benzene rings is 1. The molecule has 2 N–H and O–H groups in total. The number of carbonyl (C=O) groups is 2. The van der Waals surface area contributed by atoms with Crippen LogP contribution in [0.5, 0.6) is 0 Å². The van der Waals surface area contributed by atoms with Crippen LogP contribution < -0.4 is 5.32 Å². The molecule has 8 nitrogen and oxygen atoms in total. The van der Waals surface area contributed by atoms with Crippen molar-refractivity contribution in [3.05, 3.63) is 66.1 Å². The van der Waals surface area contributed by atoms with E-state index in [0.29, 0.717) is 31.1 Å². The van der Waals surface area contributed by atoms with Gasteiger partial charge in [-0.05, 0) is 74.3 Å². The first kappa shape index (κ1) is 23.5. The number of fused-ring (bicyclic) bond motifs is 1. The number of H-pyrrole nitrogens is 1. The summed E-state index contributed by atoms with van der Waals surface area (Å²) in [6.45, 7) is 5.44. The highest BCUT2D eigenvalue weighted by Crippen LogP contribution is 2.19. The zero-order chi connectivity index (χ0) is 24.2. The third-order valence-corrected chi connectivity index (χ3v) is 7.44. The van der Waals surface area contributed by atoms with Crippen LogP contribution in [0.1, 0.15) is 28.8 Å². The standard InChI is InChI=1S/C27H34N6O2/c1-31-12-7-23(8-13-31)32-14-16-33(17-15-32)27(35)25(18-20-4-9-28-10-5-20)30-26(34)22-3-2-21-6-11-29-24(21)19-22/h2-6,9-11,19,23,25,29H,7-8,12-18H2,1H3,(H,30,34)/t25-/m1/s1. The molecule has 4 heterocycles. The van der Waals surface area contributed by atoms with Gasteiger partial charge in [-0.15, -0.1) is 0 Å². The van der Waals surface area contributed by atoms with Gasteiger partial charge in [0.05, 0.1) is 0 Å². The molecule has 3 aromatic rings. The van der Waals surface area contributed by atoms with Crippen molar-refractivity contribution in [2.45, 2.75) is 31.3 Å². The number of aromatic amines is 1. The summed E-state index contributed by atoms with van der Waals surface area (Å²) in [6.07, 6.45) is 8.11. The molecule has 2 aliphatic heterocycles. The summed E-state index contributed by atoms with van der Waals surface area (Å²) >= 11 is 0. The second kappa shape index (κ2) is 10.6. The number of pyridine rings is 1. The normalized spacial score (nSPS) is 19.1. The molecule has 2 aliphatic rings. The van der Waals surface area contributed by atoms with Crippen molar-refractivity contribution in [2.75, 3.05) is 46.3 Å². The van der Waals surface area contributed by atoms with Gasteiger partial charge in [-0.1, -0.05) is 6.07 Å². The van der Waals surface area contributed by atoms with Crippen molar-refractivity contribution in [1.29, 1.82) is 0 Å². The topological polar surface area (TPSA) is 84.6 Å². The molecule has 184 valence electrons. The van der Waals surface area contributed by atoms with E-state index in [9.17, 15) is 9.59 Å². The number of rotatable bonds is 6. The summed E-state index contributed by atoms with van der Waals surface area (Å²) in [5.74, 6) is -0.252. The number of nitrogens with one attached hydrogen (secondary N) is 2. The van der Waals surface area contributed by atoms with E-state index in [-0.39, 0.29) is 11.8 Å². The van der Waals surface area contributed by atoms with Gasteiger partial charge < -0.3 is 20.1 Å². The summed E-state index contributed by atoms with van der Waals surface area (Å²) in [6, 6.07) is 11.3. The molecule has 1 aromatic carbocycles. The van der Waals surface area contributed by atoms with Crippen LogP contribution in [-0.4, -0.2) is 94.9 Å². The first-order chi connectivity index (χ1) is 17.1. The number of amides is 2. The molecule has 2 saturated heterocycles. The maximum Gasteiger partial charge on any atom is 0.252 e. The molecular weight excluding hydrogens is 440 g/mol. The summed E-state index contributed by atoms with van der Waals surface area (Å²) in [5.41, 5.74) is 2.42. The molecule has 0 radical (unpaired) electrons. The molecule has 0 spiro atoms. The molecule has 8 heteroatoms. The van der Waals surface area contributed by atoms with Crippen LogP contribution in [0.3, 0.4) is 0 Å². The number of hydrogen-bond acceptors (Lipinski definition) is 5. The van der Waals surface area contributed by atoms with E-state index in [1.165, 1.54) is 12.8 Å². The Morgan fingerprint density at radius 2 is 1.77 bits per heavy atom. The van der Waals surface area contributed by atoms with Crippen molar-refractivity contribution in [3.63, 3.8) is 0 Å². The minimum Gasteiger partial charge on any atom is -0.361 e. The molecule has 35 heavy (non-hydrogen) atoms. The SMILES string of the molecule is CN1CCC(N2CCN(C(=O)[C@@H](Cc3ccncc3)NC(=O)c3ccc4cc[nH]c4c3)CC2)CC1. The molecule has 1 atom stereocenters. The third-order valence-electron chi connectivity index (χ3n) is 7.44. The molecule has 0 unspecified atom stereocenters. The van der Waals surface area contributed by atoms with E-state index in [1.54, 1.807) is 18.5 Å². The lowest BCUT2D eigenvalue weighted by Crippen LogP contribution is -2.57. The smallest absolute Gasteiger partial charge is 0.252 e. The molecule has 0 aliphatic carbocycles. The Balaban J connectivity index is 1.26. The summed E-state index contributed by atoms with van der Waals surface area (Å²) in [5, 5.41) is 4.08. The summed E-state index contributed by atoms with van der Waals surface area (Å²) in [7, 11) is 2.18. The fraction of sp³-hybridized carbons (Fsp3) is 0.444. The van der Waals surface area contributed by atoms with Gasteiger partial charge in [0.15, 0.2) is 0 Å². The molecule has 5 rings (SSSR count). The number of carbonyl (C=O) groups excluding carboxylic acids is 2. The van der Waals surface area contributed by atoms with Crippen LogP contribution in [0.4, 0.5) is 0 Å². The van der Waals surface area contributed by atoms with E-state index in [1.807, 2.05) is 41.4 Å². The number of nitrogens with zero attached hydrogens (tertiary/aromatic N) is 4. The lowest BCUT2D eigenvalue weighted by atomic mass is 10.0. The van der Waals surface area contributed by atoms with Crippen LogP contribution in [0.15, 0.2) is 55.0 Å². The quantitative estimate of drug-likeness (QED) is 0.572. The van der Waals surface area contributed by atoms with Gasteiger partial charge in [0.1, 0.15) is 6.04 Å². The monoisotopic (exact) mass is 474 g/mol. The number of hydrogen-bond donors (Lipinski definition) is 2. The molecule has 2 aromatic heterocycles. The Bertz CT molecular complexity index is 1150. The van der Waals surface area contributed by atoms with Crippen molar-refractivity contribution < 1.29 is 9.59 Å². The van der Waals surface area contributed by atoms with Crippen molar-refractivity contribution in [1.82, 2.24) is 30.0 Å². The van der Waals surface area contributed by atoms with Gasteiger partial charge in [-0.25, -0.2) is 0 Å². The predicted octanol–water partition coefficient (Wildman–Crippen LogP) is 2.14. The van der Waals surface area contributed by atoms with Gasteiger partial charge in [0, 0.05) is 68.3 Å². The van der Waals surface area contributed by atoms with Crippen LogP contribution in [-0.2, 0) is 11.2 Å². The fourth-order valence-corrected chi connectivity index (χ4v) is 5.27. The summed E-state index contributed by atoms with van der Waals surface area (Å²) in [4.78, 5) is 40.9. The number of piperazine rings is 1. The molecule has 2 fully saturated rings. The van der Waals surface area contributed by atoms with E-state index in [4.69, 9.17) is 0 Å².